The lowest BCUT2D eigenvalue weighted by atomic mass is 10.0. The number of para-hydroxylation sites is 1. The van der Waals surface area contributed by atoms with E-state index in [1.807, 2.05) is 55.5 Å². The molecular formula is C27H25N5O4S. The van der Waals surface area contributed by atoms with Crippen molar-refractivity contribution < 1.29 is 19.1 Å². The molecule has 1 saturated heterocycles. The van der Waals surface area contributed by atoms with Gasteiger partial charge in [0, 0.05) is 26.4 Å². The Morgan fingerprint density at radius 1 is 1.11 bits per heavy atom. The van der Waals surface area contributed by atoms with Crippen molar-refractivity contribution in [2.75, 3.05) is 30.0 Å². The smallest absolute Gasteiger partial charge is 0.334 e. The highest BCUT2D eigenvalue weighted by atomic mass is 32.1. The first-order valence-electron chi connectivity index (χ1n) is 11.9. The van der Waals surface area contributed by atoms with Crippen molar-refractivity contribution >= 4 is 50.6 Å². The molecule has 6 rings (SSSR count). The Morgan fingerprint density at radius 3 is 2.65 bits per heavy atom. The highest BCUT2D eigenvalue weighted by Crippen LogP contribution is 2.50. The normalized spacial score (nSPS) is 19.0. The Balaban J connectivity index is 1.50. The number of pyridine rings is 1. The summed E-state index contributed by atoms with van der Waals surface area (Å²) in [6, 6.07) is 16.4. The van der Waals surface area contributed by atoms with Crippen LogP contribution in [0.3, 0.4) is 0 Å². The van der Waals surface area contributed by atoms with Crippen LogP contribution in [-0.2, 0) is 4.74 Å². The van der Waals surface area contributed by atoms with Crippen molar-refractivity contribution in [3.63, 3.8) is 0 Å². The largest absolute Gasteiger partial charge is 0.457 e. The average molecular weight is 516 g/mol. The van der Waals surface area contributed by atoms with Crippen molar-refractivity contribution in [1.29, 1.82) is 0 Å². The number of hydrogen-bond acceptors (Lipinski definition) is 7. The quantitative estimate of drug-likeness (QED) is 0.390. The summed E-state index contributed by atoms with van der Waals surface area (Å²) in [6.07, 6.45) is 1.40. The minimum atomic E-state index is -0.589. The van der Waals surface area contributed by atoms with E-state index >= 15 is 0 Å². The second-order valence-electron chi connectivity index (χ2n) is 9.01. The number of primary amides is 1. The van der Waals surface area contributed by atoms with Crippen LogP contribution >= 0.6 is 11.3 Å². The maximum Gasteiger partial charge on any atom is 0.334 e. The van der Waals surface area contributed by atoms with Gasteiger partial charge in [0.2, 0.25) is 0 Å². The number of aryl methyl sites for hydroxylation is 1. The van der Waals surface area contributed by atoms with Crippen LogP contribution < -0.4 is 25.6 Å². The van der Waals surface area contributed by atoms with Gasteiger partial charge >= 0.3 is 6.03 Å². The standard InChI is InChI=1S/C27H25N5O4S/c1-15-12-17(36-16-6-4-3-5-7-16)8-9-18(15)31-19-10-11-30-26-22(19)23(24(37-26)25(28)33)32(27(31)34)20-13-29-14-21(20)35-2/h3-12,20-21,29H,13-14H2,1-2H3,(H2,28,33)/t20-,21+/m0/s1. The minimum absolute atomic E-state index is 0.248. The molecule has 9 nitrogen and oxygen atoms in total. The Hall–Kier alpha value is -3.99. The highest BCUT2D eigenvalue weighted by Gasteiger charge is 2.45. The number of ether oxygens (including phenoxy) is 2. The van der Waals surface area contributed by atoms with E-state index in [0.717, 1.165) is 16.7 Å². The van der Waals surface area contributed by atoms with Crippen LogP contribution in [0.2, 0.25) is 0 Å². The van der Waals surface area contributed by atoms with E-state index in [2.05, 4.69) is 10.3 Å². The van der Waals surface area contributed by atoms with E-state index in [0.29, 0.717) is 45.6 Å². The van der Waals surface area contributed by atoms with Crippen molar-refractivity contribution in [3.8, 4) is 11.5 Å². The number of thiophene rings is 1. The fourth-order valence-corrected chi connectivity index (χ4v) is 6.14. The molecule has 0 unspecified atom stereocenters. The topological polar surface area (TPSA) is 110 Å². The first kappa shape index (κ1) is 23.4. The summed E-state index contributed by atoms with van der Waals surface area (Å²) in [6.45, 7) is 3.05. The summed E-state index contributed by atoms with van der Waals surface area (Å²) in [5, 5.41) is 4.03. The number of carbonyl (C=O) groups is 2. The lowest BCUT2D eigenvalue weighted by molar-refractivity contribution is 0.100. The molecule has 37 heavy (non-hydrogen) atoms. The van der Waals surface area contributed by atoms with E-state index in [9.17, 15) is 9.59 Å². The number of amides is 3. The molecule has 2 aliphatic heterocycles. The Labute approximate surface area is 217 Å². The minimum Gasteiger partial charge on any atom is -0.457 e. The van der Waals surface area contributed by atoms with E-state index in [1.54, 1.807) is 29.2 Å². The van der Waals surface area contributed by atoms with Gasteiger partial charge in [0.05, 0.1) is 34.6 Å². The van der Waals surface area contributed by atoms with Gasteiger partial charge in [-0.2, -0.15) is 0 Å². The second-order valence-corrected chi connectivity index (χ2v) is 10.0. The van der Waals surface area contributed by atoms with Crippen LogP contribution in [0.1, 0.15) is 15.2 Å². The van der Waals surface area contributed by atoms with Crippen molar-refractivity contribution in [2.24, 2.45) is 5.73 Å². The predicted molar refractivity (Wildman–Crippen MR) is 143 cm³/mol. The van der Waals surface area contributed by atoms with Crippen molar-refractivity contribution in [3.05, 3.63) is 71.2 Å². The molecule has 0 saturated carbocycles. The van der Waals surface area contributed by atoms with Crippen molar-refractivity contribution in [2.45, 2.75) is 19.1 Å². The molecule has 188 valence electrons. The number of rotatable bonds is 6. The van der Waals surface area contributed by atoms with Gasteiger partial charge in [0.15, 0.2) is 0 Å². The number of hydrogen-bond donors (Lipinski definition) is 2. The third kappa shape index (κ3) is 3.81. The number of benzene rings is 2. The SMILES string of the molecule is CO[C@@H]1CNC[C@@H]1N1C(=O)N(c2ccc(Oc3ccccc3)cc2C)c2ccnc3sc(C(N)=O)c1c23. The molecule has 0 spiro atoms. The van der Waals surface area contributed by atoms with Crippen LogP contribution in [0.5, 0.6) is 11.5 Å². The number of methoxy groups -OCH3 is 1. The van der Waals surface area contributed by atoms with Gasteiger partial charge in [0.1, 0.15) is 21.2 Å². The molecule has 4 heterocycles. The number of anilines is 3. The van der Waals surface area contributed by atoms with Crippen LogP contribution in [0.25, 0.3) is 10.2 Å². The Kier molecular flexibility index (Phi) is 5.79. The molecule has 2 aromatic carbocycles. The molecule has 4 aromatic rings. The monoisotopic (exact) mass is 515 g/mol. The molecule has 3 N–H and O–H groups in total. The zero-order valence-corrected chi connectivity index (χ0v) is 21.1. The number of nitrogens with one attached hydrogen (secondary N) is 1. The number of nitrogens with two attached hydrogens (primary N) is 1. The molecule has 0 bridgehead atoms. The maximum atomic E-state index is 14.3. The van der Waals surface area contributed by atoms with E-state index in [4.69, 9.17) is 15.2 Å². The summed E-state index contributed by atoms with van der Waals surface area (Å²) < 4.78 is 11.7. The molecule has 3 amide bonds. The average Bonchev–Trinajstić information content (AvgIpc) is 3.52. The third-order valence-corrected chi connectivity index (χ3v) is 7.90. The van der Waals surface area contributed by atoms with Crippen LogP contribution in [0.4, 0.5) is 21.9 Å². The van der Waals surface area contributed by atoms with Gasteiger partial charge in [-0.25, -0.2) is 9.78 Å². The molecule has 2 atom stereocenters. The zero-order chi connectivity index (χ0) is 25.7. The Bertz CT molecular complexity index is 1520. The number of nitrogens with zero attached hydrogens (tertiary/aromatic N) is 3. The van der Waals surface area contributed by atoms with Crippen LogP contribution in [-0.4, -0.2) is 49.3 Å². The van der Waals surface area contributed by atoms with Crippen LogP contribution in [0, 0.1) is 6.92 Å². The van der Waals surface area contributed by atoms with Gasteiger partial charge < -0.3 is 20.5 Å². The lowest BCUT2D eigenvalue weighted by Gasteiger charge is -2.40. The predicted octanol–water partition coefficient (Wildman–Crippen LogP) is 4.56. The van der Waals surface area contributed by atoms with Gasteiger partial charge in [-0.05, 0) is 48.9 Å². The zero-order valence-electron chi connectivity index (χ0n) is 20.3. The third-order valence-electron chi connectivity index (χ3n) is 6.80. The first-order valence-corrected chi connectivity index (χ1v) is 12.7. The van der Waals surface area contributed by atoms with Crippen LogP contribution in [0.15, 0.2) is 60.8 Å². The summed E-state index contributed by atoms with van der Waals surface area (Å²) >= 11 is 1.20. The Morgan fingerprint density at radius 2 is 1.92 bits per heavy atom. The molecular weight excluding hydrogens is 490 g/mol. The fourth-order valence-electron chi connectivity index (χ4n) is 5.13. The summed E-state index contributed by atoms with van der Waals surface area (Å²) in [7, 11) is 1.63. The highest BCUT2D eigenvalue weighted by molar-refractivity contribution is 7.21. The second kappa shape index (κ2) is 9.15. The van der Waals surface area contributed by atoms with E-state index in [1.165, 1.54) is 11.3 Å². The maximum absolute atomic E-state index is 14.3. The molecule has 2 aliphatic rings. The van der Waals surface area contributed by atoms with E-state index < -0.39 is 5.91 Å². The number of aromatic nitrogens is 1. The van der Waals surface area contributed by atoms with Gasteiger partial charge in [-0.15, -0.1) is 11.3 Å². The molecule has 10 heteroatoms. The van der Waals surface area contributed by atoms with E-state index in [-0.39, 0.29) is 18.2 Å². The molecule has 1 fully saturated rings. The van der Waals surface area contributed by atoms with Gasteiger partial charge in [0.25, 0.3) is 5.91 Å². The molecule has 0 aliphatic carbocycles. The molecule has 0 radical (unpaired) electrons. The number of carbonyl (C=O) groups excluding carboxylic acids is 2. The summed E-state index contributed by atoms with van der Waals surface area (Å²) in [5.41, 5.74) is 8.51. The summed E-state index contributed by atoms with van der Waals surface area (Å²) in [5.74, 6) is 0.806. The lowest BCUT2D eigenvalue weighted by Crippen LogP contribution is -2.54. The summed E-state index contributed by atoms with van der Waals surface area (Å²) in [4.78, 5) is 35.6. The van der Waals surface area contributed by atoms with Gasteiger partial charge in [-0.3, -0.25) is 14.6 Å². The van der Waals surface area contributed by atoms with Crippen molar-refractivity contribution in [1.82, 2.24) is 10.3 Å². The first-order chi connectivity index (χ1) is 18.0. The fraction of sp³-hybridized carbons (Fsp3) is 0.222. The number of urea groups is 1. The molecule has 2 aromatic heterocycles. The van der Waals surface area contributed by atoms with Gasteiger partial charge in [-0.1, -0.05) is 18.2 Å².